The number of halogens is 3. The van der Waals surface area contributed by atoms with E-state index < -0.39 is 29.3 Å². The fourth-order valence-electron chi connectivity index (χ4n) is 1.06. The normalized spacial score (nSPS) is 11.4. The lowest BCUT2D eigenvalue weighted by atomic mass is 10.2. The number of alkyl halides is 3. The van der Waals surface area contributed by atoms with Gasteiger partial charge in [0.2, 0.25) is 5.88 Å². The van der Waals surface area contributed by atoms with E-state index in [9.17, 15) is 18.0 Å². The molecule has 0 atom stereocenters. The number of rotatable bonds is 3. The number of nitrogens with zero attached hydrogens (tertiary/aromatic N) is 2. The number of carboxylic acid groups (broad SMARTS) is 1. The molecule has 0 radical (unpaired) electrons. The summed E-state index contributed by atoms with van der Waals surface area (Å²) in [5.41, 5.74) is -2.60. The van der Waals surface area contributed by atoms with Crippen LogP contribution in [0.5, 0.6) is 5.88 Å². The molecule has 17 heavy (non-hydrogen) atoms. The molecule has 1 aromatic heterocycles. The second-order valence-electron chi connectivity index (χ2n) is 2.75. The van der Waals surface area contributed by atoms with Gasteiger partial charge in [0.05, 0.1) is 7.11 Å². The molecular formula is C8H7F3N2O3S. The summed E-state index contributed by atoms with van der Waals surface area (Å²) in [5, 5.41) is 8.53. The monoisotopic (exact) mass is 268 g/mol. The highest BCUT2D eigenvalue weighted by atomic mass is 32.2. The third-order valence-electron chi connectivity index (χ3n) is 1.71. The van der Waals surface area contributed by atoms with Gasteiger partial charge in [-0.25, -0.2) is 9.78 Å². The number of carboxylic acids is 1. The predicted molar refractivity (Wildman–Crippen MR) is 52.3 cm³/mol. The summed E-state index contributed by atoms with van der Waals surface area (Å²) in [6, 6.07) is 0. The number of thioether (sulfide) groups is 1. The Morgan fingerprint density at radius 2 is 2.00 bits per heavy atom. The van der Waals surface area contributed by atoms with Gasteiger partial charge in [-0.15, -0.1) is 0 Å². The van der Waals surface area contributed by atoms with Gasteiger partial charge in [0, 0.05) is 0 Å². The first-order valence-electron chi connectivity index (χ1n) is 4.11. The molecule has 9 heteroatoms. The SMILES string of the molecule is COc1nc(SC)nc(C(F)(F)F)c1C(=O)O. The Labute approximate surface area is 98.0 Å². The predicted octanol–water partition coefficient (Wildman–Crippen LogP) is 1.92. The molecule has 0 bridgehead atoms. The smallest absolute Gasteiger partial charge is 0.434 e. The van der Waals surface area contributed by atoms with Crippen molar-refractivity contribution >= 4 is 17.7 Å². The minimum absolute atomic E-state index is 0.209. The Kier molecular flexibility index (Phi) is 3.81. The van der Waals surface area contributed by atoms with Crippen molar-refractivity contribution in [2.75, 3.05) is 13.4 Å². The van der Waals surface area contributed by atoms with Gasteiger partial charge in [0.15, 0.2) is 16.4 Å². The third-order valence-corrected chi connectivity index (χ3v) is 2.26. The molecule has 0 saturated heterocycles. The van der Waals surface area contributed by atoms with Crippen molar-refractivity contribution in [1.82, 2.24) is 9.97 Å². The molecule has 0 amide bonds. The first-order chi connectivity index (χ1) is 7.81. The molecule has 0 fully saturated rings. The van der Waals surface area contributed by atoms with Crippen molar-refractivity contribution in [3.8, 4) is 5.88 Å². The van der Waals surface area contributed by atoms with E-state index in [1.165, 1.54) is 6.26 Å². The zero-order valence-electron chi connectivity index (χ0n) is 8.70. The summed E-state index contributed by atoms with van der Waals surface area (Å²) < 4.78 is 42.4. The first-order valence-corrected chi connectivity index (χ1v) is 5.34. The van der Waals surface area contributed by atoms with Crippen LogP contribution in [0.3, 0.4) is 0 Å². The largest absolute Gasteiger partial charge is 0.480 e. The average molecular weight is 268 g/mol. The fourth-order valence-corrected chi connectivity index (χ4v) is 1.41. The van der Waals surface area contributed by atoms with Gasteiger partial charge in [-0.3, -0.25) is 0 Å². The van der Waals surface area contributed by atoms with Crippen molar-refractivity contribution in [2.45, 2.75) is 11.3 Å². The highest BCUT2D eigenvalue weighted by Gasteiger charge is 2.40. The Morgan fingerprint density at radius 3 is 2.35 bits per heavy atom. The zero-order chi connectivity index (χ0) is 13.2. The Morgan fingerprint density at radius 1 is 1.41 bits per heavy atom. The van der Waals surface area contributed by atoms with Crippen LogP contribution in [-0.2, 0) is 6.18 Å². The van der Waals surface area contributed by atoms with E-state index in [0.717, 1.165) is 18.9 Å². The molecule has 0 saturated carbocycles. The van der Waals surface area contributed by atoms with E-state index in [0.29, 0.717) is 0 Å². The van der Waals surface area contributed by atoms with Crippen LogP contribution in [0.15, 0.2) is 5.16 Å². The molecule has 0 aromatic carbocycles. The first kappa shape index (κ1) is 13.6. The summed E-state index contributed by atoms with van der Waals surface area (Å²) in [5.74, 6) is -2.40. The van der Waals surface area contributed by atoms with Crippen LogP contribution in [0.25, 0.3) is 0 Å². The van der Waals surface area contributed by atoms with E-state index in [-0.39, 0.29) is 5.16 Å². The van der Waals surface area contributed by atoms with Gasteiger partial charge in [-0.05, 0) is 6.26 Å². The minimum atomic E-state index is -4.88. The molecule has 1 heterocycles. The lowest BCUT2D eigenvalue weighted by Crippen LogP contribution is -2.18. The lowest BCUT2D eigenvalue weighted by molar-refractivity contribution is -0.142. The maximum Gasteiger partial charge on any atom is 0.434 e. The molecule has 0 aliphatic heterocycles. The van der Waals surface area contributed by atoms with Gasteiger partial charge in [0.1, 0.15) is 0 Å². The number of hydrogen-bond donors (Lipinski definition) is 1. The Bertz CT molecular complexity index is 450. The van der Waals surface area contributed by atoms with Gasteiger partial charge in [0.25, 0.3) is 0 Å². The maximum atomic E-state index is 12.6. The average Bonchev–Trinajstić information content (AvgIpc) is 2.25. The molecule has 0 spiro atoms. The molecule has 94 valence electrons. The van der Waals surface area contributed by atoms with Crippen LogP contribution in [0.1, 0.15) is 16.1 Å². The number of carbonyl (C=O) groups is 1. The Balaban J connectivity index is 3.58. The molecule has 1 rings (SSSR count). The van der Waals surface area contributed by atoms with Crippen molar-refractivity contribution in [2.24, 2.45) is 0 Å². The van der Waals surface area contributed by atoms with E-state index in [1.807, 2.05) is 0 Å². The van der Waals surface area contributed by atoms with Crippen LogP contribution in [0, 0.1) is 0 Å². The fraction of sp³-hybridized carbons (Fsp3) is 0.375. The van der Waals surface area contributed by atoms with Crippen molar-refractivity contribution in [1.29, 1.82) is 0 Å². The van der Waals surface area contributed by atoms with E-state index in [4.69, 9.17) is 5.11 Å². The van der Waals surface area contributed by atoms with Crippen LogP contribution < -0.4 is 4.74 Å². The van der Waals surface area contributed by atoms with Crippen molar-refractivity contribution in [3.05, 3.63) is 11.3 Å². The van der Waals surface area contributed by atoms with Gasteiger partial charge in [-0.2, -0.15) is 18.2 Å². The minimum Gasteiger partial charge on any atom is -0.480 e. The van der Waals surface area contributed by atoms with Gasteiger partial charge < -0.3 is 9.84 Å². The number of methoxy groups -OCH3 is 1. The standard InChI is InChI=1S/C8H7F3N2O3S/c1-16-5-3(6(14)15)4(8(9,10)11)12-7(13-5)17-2/h1-2H3,(H,14,15). The van der Waals surface area contributed by atoms with Crippen LogP contribution in [-0.4, -0.2) is 34.4 Å². The van der Waals surface area contributed by atoms with Gasteiger partial charge >= 0.3 is 12.1 Å². The highest BCUT2D eigenvalue weighted by Crippen LogP contribution is 2.34. The highest BCUT2D eigenvalue weighted by molar-refractivity contribution is 7.98. The summed E-state index contributed by atoms with van der Waals surface area (Å²) >= 11 is 0.854. The molecule has 0 unspecified atom stereocenters. The van der Waals surface area contributed by atoms with Gasteiger partial charge in [-0.1, -0.05) is 11.8 Å². The number of aromatic carboxylic acids is 1. The number of ether oxygens (including phenoxy) is 1. The van der Waals surface area contributed by atoms with Crippen molar-refractivity contribution in [3.63, 3.8) is 0 Å². The summed E-state index contributed by atoms with van der Waals surface area (Å²) in [7, 11) is 1.04. The molecule has 0 aliphatic rings. The molecule has 5 nitrogen and oxygen atoms in total. The molecule has 1 aromatic rings. The summed E-state index contributed by atoms with van der Waals surface area (Å²) in [6.07, 6.45) is -3.41. The molecule has 1 N–H and O–H groups in total. The van der Waals surface area contributed by atoms with Crippen LogP contribution in [0.4, 0.5) is 13.2 Å². The lowest BCUT2D eigenvalue weighted by Gasteiger charge is -2.12. The topological polar surface area (TPSA) is 72.3 Å². The maximum absolute atomic E-state index is 12.6. The van der Waals surface area contributed by atoms with Crippen molar-refractivity contribution < 1.29 is 27.8 Å². The quantitative estimate of drug-likeness (QED) is 0.667. The number of hydrogen-bond acceptors (Lipinski definition) is 5. The van der Waals surface area contributed by atoms with Crippen LogP contribution >= 0.6 is 11.8 Å². The summed E-state index contributed by atoms with van der Waals surface area (Å²) in [6.45, 7) is 0. The third kappa shape index (κ3) is 2.78. The summed E-state index contributed by atoms with van der Waals surface area (Å²) in [4.78, 5) is 17.5. The van der Waals surface area contributed by atoms with Crippen LogP contribution in [0.2, 0.25) is 0 Å². The Hall–Kier alpha value is -1.51. The second-order valence-corrected chi connectivity index (χ2v) is 3.52. The van der Waals surface area contributed by atoms with E-state index in [1.54, 1.807) is 0 Å². The number of aromatic nitrogens is 2. The molecular weight excluding hydrogens is 261 g/mol. The van der Waals surface area contributed by atoms with E-state index >= 15 is 0 Å². The molecule has 0 aliphatic carbocycles. The zero-order valence-corrected chi connectivity index (χ0v) is 9.52. The second kappa shape index (κ2) is 4.78. The van der Waals surface area contributed by atoms with E-state index in [2.05, 4.69) is 14.7 Å².